The SMILES string of the molecule is O=C(Cc1cccs1)N(Cc1cccc(OS(=O)(=O)c2ccc(F)cc2)c1)Cc1ccco1. The van der Waals surface area contributed by atoms with E-state index in [2.05, 4.69) is 0 Å². The van der Waals surface area contributed by atoms with Crippen LogP contribution in [0.3, 0.4) is 0 Å². The second-order valence-corrected chi connectivity index (χ2v) is 9.80. The Morgan fingerprint density at radius 1 is 1.00 bits per heavy atom. The highest BCUT2D eigenvalue weighted by atomic mass is 32.2. The van der Waals surface area contributed by atoms with Gasteiger partial charge in [-0.15, -0.1) is 11.3 Å². The molecule has 1 amide bonds. The fraction of sp³-hybridized carbons (Fsp3) is 0.125. The van der Waals surface area contributed by atoms with Gasteiger partial charge in [0.15, 0.2) is 0 Å². The van der Waals surface area contributed by atoms with Crippen LogP contribution in [0.15, 0.2) is 93.8 Å². The Hall–Kier alpha value is -3.43. The number of furan rings is 1. The zero-order valence-corrected chi connectivity index (χ0v) is 19.0. The fourth-order valence-electron chi connectivity index (χ4n) is 3.19. The number of halogens is 1. The zero-order valence-electron chi connectivity index (χ0n) is 17.4. The Bertz CT molecular complexity index is 1300. The molecule has 0 fully saturated rings. The van der Waals surface area contributed by atoms with E-state index in [-0.39, 0.29) is 36.1 Å². The Kier molecular flexibility index (Phi) is 6.90. The summed E-state index contributed by atoms with van der Waals surface area (Å²) in [6.07, 6.45) is 1.81. The van der Waals surface area contributed by atoms with E-state index in [1.165, 1.54) is 17.4 Å². The summed E-state index contributed by atoms with van der Waals surface area (Å²) in [5, 5.41) is 1.92. The summed E-state index contributed by atoms with van der Waals surface area (Å²) in [5.41, 5.74) is 0.688. The van der Waals surface area contributed by atoms with Crippen molar-refractivity contribution in [3.8, 4) is 5.75 Å². The number of nitrogens with zero attached hydrogens (tertiary/aromatic N) is 1. The van der Waals surface area contributed by atoms with E-state index in [1.807, 2.05) is 17.5 Å². The molecule has 4 rings (SSSR count). The predicted octanol–water partition coefficient (Wildman–Crippen LogP) is 5.02. The van der Waals surface area contributed by atoms with Crippen molar-refractivity contribution in [1.29, 1.82) is 0 Å². The smallest absolute Gasteiger partial charge is 0.339 e. The summed E-state index contributed by atoms with van der Waals surface area (Å²) in [7, 11) is -4.13. The molecule has 2 heterocycles. The molecule has 6 nitrogen and oxygen atoms in total. The van der Waals surface area contributed by atoms with E-state index in [9.17, 15) is 17.6 Å². The van der Waals surface area contributed by atoms with E-state index >= 15 is 0 Å². The molecule has 170 valence electrons. The topological polar surface area (TPSA) is 76.8 Å². The summed E-state index contributed by atoms with van der Waals surface area (Å²) in [5.74, 6) is 0.111. The van der Waals surface area contributed by atoms with Crippen molar-refractivity contribution < 1.29 is 26.2 Å². The molecule has 0 unspecified atom stereocenters. The average molecular weight is 486 g/mol. The van der Waals surface area contributed by atoms with E-state index in [4.69, 9.17) is 8.60 Å². The quantitative estimate of drug-likeness (QED) is 0.311. The lowest BCUT2D eigenvalue weighted by atomic mass is 10.2. The van der Waals surface area contributed by atoms with Crippen molar-refractivity contribution in [1.82, 2.24) is 4.90 Å². The first-order valence-corrected chi connectivity index (χ1v) is 12.3. The lowest BCUT2D eigenvalue weighted by Gasteiger charge is -2.22. The maximum Gasteiger partial charge on any atom is 0.339 e. The monoisotopic (exact) mass is 485 g/mol. The van der Waals surface area contributed by atoms with Gasteiger partial charge in [-0.25, -0.2) is 4.39 Å². The molecule has 0 radical (unpaired) electrons. The third-order valence-corrected chi connectivity index (χ3v) is 6.90. The minimum absolute atomic E-state index is 0.0842. The van der Waals surface area contributed by atoms with Crippen molar-refractivity contribution in [2.75, 3.05) is 0 Å². The number of amides is 1. The van der Waals surface area contributed by atoms with Crippen molar-refractivity contribution in [3.63, 3.8) is 0 Å². The van der Waals surface area contributed by atoms with Crippen LogP contribution in [0, 0.1) is 5.82 Å². The first-order chi connectivity index (χ1) is 15.9. The Morgan fingerprint density at radius 3 is 2.52 bits per heavy atom. The maximum atomic E-state index is 13.1. The molecule has 0 atom stereocenters. The zero-order chi connectivity index (χ0) is 23.3. The van der Waals surface area contributed by atoms with Gasteiger partial charge >= 0.3 is 10.1 Å². The van der Waals surface area contributed by atoms with Gasteiger partial charge in [-0.05, 0) is 65.5 Å². The van der Waals surface area contributed by atoms with E-state index in [0.29, 0.717) is 11.3 Å². The van der Waals surface area contributed by atoms with Gasteiger partial charge in [0, 0.05) is 11.4 Å². The van der Waals surface area contributed by atoms with Gasteiger partial charge in [0.2, 0.25) is 5.91 Å². The molecule has 4 aromatic rings. The molecule has 0 aliphatic heterocycles. The molecule has 9 heteroatoms. The molecular weight excluding hydrogens is 465 g/mol. The van der Waals surface area contributed by atoms with E-state index in [1.54, 1.807) is 41.5 Å². The van der Waals surface area contributed by atoms with Crippen LogP contribution in [0.25, 0.3) is 0 Å². The predicted molar refractivity (Wildman–Crippen MR) is 122 cm³/mol. The molecule has 33 heavy (non-hydrogen) atoms. The van der Waals surface area contributed by atoms with Crippen LogP contribution >= 0.6 is 11.3 Å². The lowest BCUT2D eigenvalue weighted by Crippen LogP contribution is -2.31. The number of hydrogen-bond acceptors (Lipinski definition) is 6. The molecule has 2 aromatic heterocycles. The summed E-state index contributed by atoms with van der Waals surface area (Å²) in [6.45, 7) is 0.509. The molecule has 0 spiro atoms. The Labute approximate surface area is 195 Å². The van der Waals surface area contributed by atoms with Crippen LogP contribution in [-0.4, -0.2) is 19.2 Å². The highest BCUT2D eigenvalue weighted by Gasteiger charge is 2.19. The first kappa shape index (κ1) is 22.8. The van der Waals surface area contributed by atoms with Crippen LogP contribution in [0.5, 0.6) is 5.75 Å². The molecule has 0 bridgehead atoms. The first-order valence-electron chi connectivity index (χ1n) is 10.0. The normalized spacial score (nSPS) is 11.3. The number of benzene rings is 2. The molecular formula is C24H20FNO5S2. The van der Waals surface area contributed by atoms with E-state index in [0.717, 1.165) is 29.1 Å². The minimum Gasteiger partial charge on any atom is -0.467 e. The van der Waals surface area contributed by atoms with Crippen molar-refractivity contribution in [3.05, 3.63) is 106 Å². The number of carbonyl (C=O) groups excluding carboxylic acids is 1. The van der Waals surface area contributed by atoms with Crippen LogP contribution in [0.4, 0.5) is 4.39 Å². The largest absolute Gasteiger partial charge is 0.467 e. The summed E-state index contributed by atoms with van der Waals surface area (Å²) in [4.78, 5) is 15.4. The molecule has 0 saturated carbocycles. The minimum atomic E-state index is -4.13. The molecule has 0 aliphatic carbocycles. The number of rotatable bonds is 9. The van der Waals surface area contributed by atoms with Gasteiger partial charge in [-0.1, -0.05) is 18.2 Å². The standard InChI is InChI=1S/C24H20FNO5S2/c25-19-8-10-23(11-9-19)33(28,29)31-20-5-1-4-18(14-20)16-26(17-21-6-2-12-30-21)24(27)15-22-7-3-13-32-22/h1-14H,15-17H2. The summed E-state index contributed by atoms with van der Waals surface area (Å²) >= 11 is 1.51. The van der Waals surface area contributed by atoms with Crippen molar-refractivity contribution in [2.24, 2.45) is 0 Å². The third kappa shape index (κ3) is 6.09. The maximum absolute atomic E-state index is 13.1. The molecule has 2 aromatic carbocycles. The second-order valence-electron chi connectivity index (χ2n) is 7.22. The molecule has 0 aliphatic rings. The fourth-order valence-corrected chi connectivity index (χ4v) is 4.81. The number of hydrogen-bond donors (Lipinski definition) is 0. The van der Waals surface area contributed by atoms with Gasteiger partial charge < -0.3 is 13.5 Å². The molecule has 0 N–H and O–H groups in total. The van der Waals surface area contributed by atoms with Gasteiger partial charge in [0.05, 0.1) is 19.2 Å². The van der Waals surface area contributed by atoms with Crippen LogP contribution in [0.1, 0.15) is 16.2 Å². The second kappa shape index (κ2) is 10.0. The average Bonchev–Trinajstić information content (AvgIpc) is 3.48. The number of carbonyl (C=O) groups is 1. The van der Waals surface area contributed by atoms with Gasteiger partial charge in [-0.3, -0.25) is 4.79 Å². The summed E-state index contributed by atoms with van der Waals surface area (Å²) < 4.78 is 48.8. The highest BCUT2D eigenvalue weighted by molar-refractivity contribution is 7.87. The van der Waals surface area contributed by atoms with Gasteiger partial charge in [-0.2, -0.15) is 8.42 Å². The number of thiophene rings is 1. The molecule has 0 saturated heterocycles. The van der Waals surface area contributed by atoms with Crippen molar-refractivity contribution >= 4 is 27.4 Å². The van der Waals surface area contributed by atoms with Gasteiger partial charge in [0.25, 0.3) is 0 Å². The van der Waals surface area contributed by atoms with Crippen molar-refractivity contribution in [2.45, 2.75) is 24.4 Å². The highest BCUT2D eigenvalue weighted by Crippen LogP contribution is 2.22. The van der Waals surface area contributed by atoms with Crippen LogP contribution in [0.2, 0.25) is 0 Å². The Morgan fingerprint density at radius 2 is 1.82 bits per heavy atom. The van der Waals surface area contributed by atoms with Crippen LogP contribution in [-0.2, 0) is 34.4 Å². The third-order valence-electron chi connectivity index (χ3n) is 4.77. The summed E-state index contributed by atoms with van der Waals surface area (Å²) in [6, 6.07) is 18.2. The van der Waals surface area contributed by atoms with E-state index < -0.39 is 15.9 Å². The van der Waals surface area contributed by atoms with Crippen LogP contribution < -0.4 is 4.18 Å². The lowest BCUT2D eigenvalue weighted by molar-refractivity contribution is -0.131. The Balaban J connectivity index is 1.52. The van der Waals surface area contributed by atoms with Gasteiger partial charge in [0.1, 0.15) is 22.2 Å².